The maximum Gasteiger partial charge on any atom is 0.240 e. The van der Waals surface area contributed by atoms with E-state index in [1.807, 2.05) is 29.6 Å². The Morgan fingerprint density at radius 2 is 1.84 bits per heavy atom. The van der Waals surface area contributed by atoms with Gasteiger partial charge in [0.15, 0.2) is 0 Å². The van der Waals surface area contributed by atoms with Gasteiger partial charge in [0.05, 0.1) is 12.6 Å². The number of carbonyl (C=O) groups excluding carboxylic acids is 2. The van der Waals surface area contributed by atoms with E-state index in [-0.39, 0.29) is 24.4 Å². The number of hydrogen-bond donors (Lipinski definition) is 2. The molecule has 2 amide bonds. The number of hydrogen-bond acceptors (Lipinski definition) is 3. The third kappa shape index (κ3) is 6.52. The van der Waals surface area contributed by atoms with Gasteiger partial charge in [0.2, 0.25) is 11.8 Å². The minimum absolute atomic E-state index is 0.0214. The van der Waals surface area contributed by atoms with E-state index in [1.165, 1.54) is 0 Å². The van der Waals surface area contributed by atoms with Crippen molar-refractivity contribution < 1.29 is 9.59 Å². The molecule has 1 aromatic carbocycles. The number of carbonyl (C=O) groups is 2. The summed E-state index contributed by atoms with van der Waals surface area (Å²) in [5, 5.41) is 8.29. The van der Waals surface area contributed by atoms with Crippen LogP contribution in [0.3, 0.4) is 0 Å². The first-order chi connectivity index (χ1) is 12.0. The molecule has 25 heavy (non-hydrogen) atoms. The van der Waals surface area contributed by atoms with Gasteiger partial charge in [-0.1, -0.05) is 43.6 Å². The number of amides is 2. The molecule has 0 bridgehead atoms. The molecule has 1 atom stereocenters. The van der Waals surface area contributed by atoms with Crippen molar-refractivity contribution in [3.8, 4) is 0 Å². The fraction of sp³-hybridized carbons (Fsp3) is 0.368. The number of nitrogens with one attached hydrogen (secondary N) is 2. The van der Waals surface area contributed by atoms with Gasteiger partial charge in [-0.3, -0.25) is 9.59 Å². The van der Waals surface area contributed by atoms with Crippen LogP contribution in [0.15, 0.2) is 41.8 Å². The highest BCUT2D eigenvalue weighted by Gasteiger charge is 2.18. The molecule has 0 aliphatic rings. The summed E-state index contributed by atoms with van der Waals surface area (Å²) >= 11 is 7.52. The van der Waals surface area contributed by atoms with Crippen LogP contribution >= 0.6 is 22.9 Å². The van der Waals surface area contributed by atoms with Crippen molar-refractivity contribution in [1.82, 2.24) is 10.6 Å². The Bertz CT molecular complexity index is 684. The summed E-state index contributed by atoms with van der Waals surface area (Å²) in [6, 6.07) is 11.1. The van der Waals surface area contributed by atoms with E-state index in [2.05, 4.69) is 24.5 Å². The topological polar surface area (TPSA) is 58.2 Å². The Morgan fingerprint density at radius 3 is 2.44 bits per heavy atom. The molecule has 0 saturated heterocycles. The lowest BCUT2D eigenvalue weighted by Crippen LogP contribution is -2.38. The molecule has 0 aliphatic carbocycles. The van der Waals surface area contributed by atoms with Crippen molar-refractivity contribution >= 4 is 34.8 Å². The second-order valence-electron chi connectivity index (χ2n) is 6.28. The SMILES string of the molecule is CC(C)CCC(=O)NCC(=O)NC(c1ccc(Cl)cc1)c1cccs1. The molecule has 2 N–H and O–H groups in total. The van der Waals surface area contributed by atoms with Gasteiger partial charge in [-0.25, -0.2) is 0 Å². The van der Waals surface area contributed by atoms with E-state index in [9.17, 15) is 9.59 Å². The molecule has 1 aromatic heterocycles. The summed E-state index contributed by atoms with van der Waals surface area (Å²) in [4.78, 5) is 25.1. The molecule has 0 radical (unpaired) electrons. The summed E-state index contributed by atoms with van der Waals surface area (Å²) in [7, 11) is 0. The average molecular weight is 379 g/mol. The largest absolute Gasteiger partial charge is 0.347 e. The Labute approximate surface area is 157 Å². The lowest BCUT2D eigenvalue weighted by molar-refractivity contribution is -0.126. The fourth-order valence-electron chi connectivity index (χ4n) is 2.33. The first-order valence-electron chi connectivity index (χ1n) is 8.30. The van der Waals surface area contributed by atoms with Crippen molar-refractivity contribution in [1.29, 1.82) is 0 Å². The zero-order valence-electron chi connectivity index (χ0n) is 14.4. The van der Waals surface area contributed by atoms with Crippen LogP contribution in [0.4, 0.5) is 0 Å². The van der Waals surface area contributed by atoms with Gasteiger partial charge in [-0.05, 0) is 41.5 Å². The third-order valence-electron chi connectivity index (χ3n) is 3.73. The molecule has 4 nitrogen and oxygen atoms in total. The van der Waals surface area contributed by atoms with E-state index in [1.54, 1.807) is 23.5 Å². The molecular formula is C19H23ClN2O2S. The standard InChI is InChI=1S/C19H23ClN2O2S/c1-13(2)5-10-17(23)21-12-18(24)22-19(16-4-3-11-25-16)14-6-8-15(20)9-7-14/h3-4,6-9,11,13,19H,5,10,12H2,1-2H3,(H,21,23)(H,22,24). The highest BCUT2D eigenvalue weighted by atomic mass is 35.5. The Morgan fingerprint density at radius 1 is 1.12 bits per heavy atom. The highest BCUT2D eigenvalue weighted by Crippen LogP contribution is 2.26. The quantitative estimate of drug-likeness (QED) is 0.724. The maximum absolute atomic E-state index is 12.3. The first-order valence-corrected chi connectivity index (χ1v) is 9.56. The molecule has 0 fully saturated rings. The summed E-state index contributed by atoms with van der Waals surface area (Å²) in [6.07, 6.45) is 1.26. The van der Waals surface area contributed by atoms with Crippen LogP contribution in [0.1, 0.15) is 43.2 Å². The summed E-state index contributed by atoms with van der Waals surface area (Å²) in [5.41, 5.74) is 0.950. The van der Waals surface area contributed by atoms with E-state index in [0.29, 0.717) is 17.4 Å². The molecule has 6 heteroatoms. The van der Waals surface area contributed by atoms with Crippen LogP contribution in [0.5, 0.6) is 0 Å². The van der Waals surface area contributed by atoms with Gasteiger partial charge in [-0.2, -0.15) is 0 Å². The summed E-state index contributed by atoms with van der Waals surface area (Å²) in [5.74, 6) is 0.155. The van der Waals surface area contributed by atoms with Crippen LogP contribution < -0.4 is 10.6 Å². The predicted molar refractivity (Wildman–Crippen MR) is 103 cm³/mol. The van der Waals surface area contributed by atoms with Gasteiger partial charge in [0.1, 0.15) is 0 Å². The second-order valence-corrected chi connectivity index (χ2v) is 7.69. The summed E-state index contributed by atoms with van der Waals surface area (Å²) in [6.45, 7) is 4.11. The van der Waals surface area contributed by atoms with Gasteiger partial charge in [-0.15, -0.1) is 11.3 Å². The predicted octanol–water partition coefficient (Wildman–Crippen LogP) is 4.16. The Kier molecular flexibility index (Phi) is 7.47. The number of benzene rings is 1. The van der Waals surface area contributed by atoms with Gasteiger partial charge in [0.25, 0.3) is 0 Å². The highest BCUT2D eigenvalue weighted by molar-refractivity contribution is 7.10. The van der Waals surface area contributed by atoms with Gasteiger partial charge < -0.3 is 10.6 Å². The van der Waals surface area contributed by atoms with E-state index in [0.717, 1.165) is 16.9 Å². The summed E-state index contributed by atoms with van der Waals surface area (Å²) < 4.78 is 0. The van der Waals surface area contributed by atoms with Crippen molar-refractivity contribution in [2.24, 2.45) is 5.92 Å². The lowest BCUT2D eigenvalue weighted by Gasteiger charge is -2.18. The molecule has 1 heterocycles. The van der Waals surface area contributed by atoms with E-state index < -0.39 is 0 Å². The average Bonchev–Trinajstić information content (AvgIpc) is 3.11. The van der Waals surface area contributed by atoms with Crippen LogP contribution in [-0.4, -0.2) is 18.4 Å². The molecule has 2 rings (SSSR count). The lowest BCUT2D eigenvalue weighted by atomic mass is 10.1. The van der Waals surface area contributed by atoms with Crippen LogP contribution in [0, 0.1) is 5.92 Å². The molecular weight excluding hydrogens is 356 g/mol. The smallest absolute Gasteiger partial charge is 0.240 e. The Balaban J connectivity index is 1.96. The Hall–Kier alpha value is -1.85. The van der Waals surface area contributed by atoms with Gasteiger partial charge >= 0.3 is 0 Å². The number of thiophene rings is 1. The fourth-order valence-corrected chi connectivity index (χ4v) is 3.26. The molecule has 0 aliphatic heterocycles. The van der Waals surface area contributed by atoms with Crippen molar-refractivity contribution in [2.45, 2.75) is 32.7 Å². The molecule has 2 aromatic rings. The zero-order chi connectivity index (χ0) is 18.2. The number of halogens is 1. The van der Waals surface area contributed by atoms with Crippen LogP contribution in [-0.2, 0) is 9.59 Å². The van der Waals surface area contributed by atoms with Gasteiger partial charge in [0, 0.05) is 16.3 Å². The molecule has 1 unspecified atom stereocenters. The molecule has 0 spiro atoms. The number of rotatable bonds is 8. The second kappa shape index (κ2) is 9.59. The first kappa shape index (κ1) is 19.5. The molecule has 0 saturated carbocycles. The minimum atomic E-state index is -0.252. The van der Waals surface area contributed by atoms with Crippen molar-refractivity contribution in [3.05, 3.63) is 57.2 Å². The monoisotopic (exact) mass is 378 g/mol. The third-order valence-corrected chi connectivity index (χ3v) is 4.92. The maximum atomic E-state index is 12.3. The minimum Gasteiger partial charge on any atom is -0.347 e. The van der Waals surface area contributed by atoms with E-state index >= 15 is 0 Å². The normalized spacial score (nSPS) is 12.0. The zero-order valence-corrected chi connectivity index (χ0v) is 16.0. The van der Waals surface area contributed by atoms with Crippen molar-refractivity contribution in [3.63, 3.8) is 0 Å². The molecule has 134 valence electrons. The van der Waals surface area contributed by atoms with Crippen LogP contribution in [0.2, 0.25) is 5.02 Å². The van der Waals surface area contributed by atoms with Crippen molar-refractivity contribution in [2.75, 3.05) is 6.54 Å². The van der Waals surface area contributed by atoms with E-state index in [4.69, 9.17) is 11.6 Å². The van der Waals surface area contributed by atoms with Crippen LogP contribution in [0.25, 0.3) is 0 Å².